The Bertz CT molecular complexity index is 675. The molecular formula is C12H13N2O7-. The van der Waals surface area contributed by atoms with Crippen molar-refractivity contribution in [3.8, 4) is 0 Å². The van der Waals surface area contributed by atoms with E-state index in [0.717, 1.165) is 16.8 Å². The molecule has 1 aliphatic rings. The van der Waals surface area contributed by atoms with Gasteiger partial charge in [-0.15, -0.1) is 0 Å². The Hall–Kier alpha value is -2.23. The predicted molar refractivity (Wildman–Crippen MR) is 66.9 cm³/mol. The number of aliphatic hydroxyl groups excluding tert-OH is 2. The zero-order valence-corrected chi connectivity index (χ0v) is 10.8. The maximum atomic E-state index is 11.8. The van der Waals surface area contributed by atoms with E-state index in [1.54, 1.807) is 0 Å². The predicted octanol–water partition coefficient (Wildman–Crippen LogP) is -3.20. The summed E-state index contributed by atoms with van der Waals surface area (Å²) in [6.07, 6.45) is 0.489. The average Bonchev–Trinajstić information content (AvgIpc) is 2.78. The van der Waals surface area contributed by atoms with Crippen LogP contribution in [0, 0.1) is 5.92 Å². The minimum atomic E-state index is -1.50. The van der Waals surface area contributed by atoms with Crippen molar-refractivity contribution >= 4 is 12.0 Å². The van der Waals surface area contributed by atoms with Crippen molar-refractivity contribution in [2.24, 2.45) is 5.92 Å². The quantitative estimate of drug-likeness (QED) is 0.496. The number of carbonyl (C=O) groups is 1. The second-order valence-corrected chi connectivity index (χ2v) is 4.56. The Labute approximate surface area is 117 Å². The summed E-state index contributed by atoms with van der Waals surface area (Å²) in [6, 6.07) is 0. The topological polar surface area (TPSA) is 145 Å². The van der Waals surface area contributed by atoms with E-state index in [4.69, 9.17) is 9.84 Å². The Morgan fingerprint density at radius 3 is 2.86 bits per heavy atom. The lowest BCUT2D eigenvalue weighted by molar-refractivity contribution is -0.297. The third-order valence-corrected chi connectivity index (χ3v) is 3.16. The fourth-order valence-electron chi connectivity index (χ4n) is 2.02. The van der Waals surface area contributed by atoms with Crippen molar-refractivity contribution in [1.29, 1.82) is 0 Å². The minimum Gasteiger partial charge on any atom is -0.545 e. The average molecular weight is 297 g/mol. The number of rotatable bonds is 4. The van der Waals surface area contributed by atoms with Crippen LogP contribution < -0.4 is 16.4 Å². The first kappa shape index (κ1) is 15.2. The van der Waals surface area contributed by atoms with Crippen molar-refractivity contribution < 1.29 is 24.9 Å². The third kappa shape index (κ3) is 3.10. The number of nitrogens with zero attached hydrogens (tertiary/aromatic N) is 1. The highest BCUT2D eigenvalue weighted by Gasteiger charge is 2.37. The Kier molecular flexibility index (Phi) is 4.36. The van der Waals surface area contributed by atoms with Crippen LogP contribution in [0.2, 0.25) is 0 Å². The van der Waals surface area contributed by atoms with Gasteiger partial charge in [0.1, 0.15) is 6.10 Å². The van der Waals surface area contributed by atoms with Crippen molar-refractivity contribution in [2.75, 3.05) is 13.2 Å². The standard InChI is InChI=1S/C12H14N2O7/c15-4-7-5-21-11(9(7)18)14-3-6(1-2-8(16)17)10(19)13-12(14)20/h1-3,7,9,11,15,18H,4-5H2,(H,16,17)(H,13,19,20)/p-1/b2-1+/t7-,9-,11-/m0/s1. The van der Waals surface area contributed by atoms with E-state index in [1.165, 1.54) is 0 Å². The van der Waals surface area contributed by atoms with Gasteiger partial charge in [-0.05, 0) is 12.2 Å². The number of carboxylic acids is 1. The summed E-state index contributed by atoms with van der Waals surface area (Å²) in [7, 11) is 0. The van der Waals surface area contributed by atoms with Gasteiger partial charge in [-0.25, -0.2) is 4.79 Å². The SMILES string of the molecule is O=C([O-])/C=C/c1cn([C@H]2OC[C@H](CO)[C@@H]2O)c(=O)[nH]c1=O. The molecule has 0 bridgehead atoms. The van der Waals surface area contributed by atoms with E-state index in [2.05, 4.69) is 0 Å². The van der Waals surface area contributed by atoms with Gasteiger partial charge >= 0.3 is 5.69 Å². The summed E-state index contributed by atoms with van der Waals surface area (Å²) in [5, 5.41) is 29.3. The van der Waals surface area contributed by atoms with Crippen LogP contribution in [0.25, 0.3) is 6.08 Å². The maximum absolute atomic E-state index is 11.8. The number of nitrogens with one attached hydrogen (secondary N) is 1. The minimum absolute atomic E-state index is 0.0537. The van der Waals surface area contributed by atoms with Crippen molar-refractivity contribution in [3.63, 3.8) is 0 Å². The van der Waals surface area contributed by atoms with Crippen LogP contribution in [0.15, 0.2) is 21.9 Å². The molecule has 21 heavy (non-hydrogen) atoms. The van der Waals surface area contributed by atoms with Gasteiger partial charge in [0, 0.05) is 12.1 Å². The molecule has 1 aromatic rings. The van der Waals surface area contributed by atoms with E-state index in [0.29, 0.717) is 6.08 Å². The molecule has 114 valence electrons. The van der Waals surface area contributed by atoms with Crippen molar-refractivity contribution in [3.05, 3.63) is 38.7 Å². The largest absolute Gasteiger partial charge is 0.545 e. The smallest absolute Gasteiger partial charge is 0.330 e. The summed E-state index contributed by atoms with van der Waals surface area (Å²) < 4.78 is 6.18. The summed E-state index contributed by atoms with van der Waals surface area (Å²) in [5.74, 6) is -2.04. The van der Waals surface area contributed by atoms with Crippen molar-refractivity contribution in [1.82, 2.24) is 9.55 Å². The second-order valence-electron chi connectivity index (χ2n) is 4.56. The Balaban J connectivity index is 2.41. The molecule has 0 aliphatic carbocycles. The molecule has 2 heterocycles. The van der Waals surface area contributed by atoms with Crippen molar-refractivity contribution in [2.45, 2.75) is 12.3 Å². The molecule has 9 heteroatoms. The lowest BCUT2D eigenvalue weighted by Crippen LogP contribution is -2.37. The highest BCUT2D eigenvalue weighted by atomic mass is 16.5. The van der Waals surface area contributed by atoms with Crippen LogP contribution in [0.4, 0.5) is 0 Å². The first-order chi connectivity index (χ1) is 9.93. The number of aliphatic carboxylic acids is 1. The van der Waals surface area contributed by atoms with Gasteiger partial charge in [0.15, 0.2) is 6.23 Å². The molecule has 0 saturated carbocycles. The number of aliphatic hydroxyl groups is 2. The molecule has 3 atom stereocenters. The zero-order valence-electron chi connectivity index (χ0n) is 10.8. The summed E-state index contributed by atoms with van der Waals surface area (Å²) in [5.41, 5.74) is -1.70. The number of H-pyrrole nitrogens is 1. The second kappa shape index (κ2) is 6.04. The highest BCUT2D eigenvalue weighted by Crippen LogP contribution is 2.27. The van der Waals surface area contributed by atoms with E-state index in [9.17, 15) is 24.6 Å². The van der Waals surface area contributed by atoms with Gasteiger partial charge in [-0.1, -0.05) is 0 Å². The Morgan fingerprint density at radius 2 is 2.29 bits per heavy atom. The molecule has 0 radical (unpaired) electrons. The van der Waals surface area contributed by atoms with Gasteiger partial charge in [-0.2, -0.15) is 0 Å². The molecule has 0 unspecified atom stereocenters. The molecule has 0 aromatic carbocycles. The first-order valence-electron chi connectivity index (χ1n) is 6.09. The number of aromatic nitrogens is 2. The van der Waals surface area contributed by atoms with E-state index in [-0.39, 0.29) is 18.8 Å². The lowest BCUT2D eigenvalue weighted by Gasteiger charge is -2.18. The number of carboxylic acid groups (broad SMARTS) is 1. The number of hydrogen-bond donors (Lipinski definition) is 3. The van der Waals surface area contributed by atoms with Crippen LogP contribution in [-0.2, 0) is 9.53 Å². The summed E-state index contributed by atoms with van der Waals surface area (Å²) >= 11 is 0. The molecule has 0 spiro atoms. The van der Waals surface area contributed by atoms with Crippen LogP contribution in [-0.4, -0.2) is 45.1 Å². The molecule has 9 nitrogen and oxygen atoms in total. The fourth-order valence-corrected chi connectivity index (χ4v) is 2.02. The summed E-state index contributed by atoms with van der Waals surface area (Å²) in [4.78, 5) is 35.7. The molecule has 2 rings (SSSR count). The molecule has 3 N–H and O–H groups in total. The molecular weight excluding hydrogens is 284 g/mol. The Morgan fingerprint density at radius 1 is 1.57 bits per heavy atom. The lowest BCUT2D eigenvalue weighted by atomic mass is 10.1. The first-order valence-corrected chi connectivity index (χ1v) is 6.09. The number of carbonyl (C=O) groups excluding carboxylic acids is 1. The van der Waals surface area contributed by atoms with Gasteiger partial charge in [-0.3, -0.25) is 14.3 Å². The highest BCUT2D eigenvalue weighted by molar-refractivity contribution is 5.83. The van der Waals surface area contributed by atoms with Gasteiger partial charge in [0.05, 0.1) is 24.7 Å². The van der Waals surface area contributed by atoms with Gasteiger partial charge in [0.25, 0.3) is 5.56 Å². The van der Waals surface area contributed by atoms with E-state index in [1.807, 2.05) is 4.98 Å². The van der Waals surface area contributed by atoms with E-state index >= 15 is 0 Å². The normalized spacial score (nSPS) is 25.5. The fraction of sp³-hybridized carbons (Fsp3) is 0.417. The zero-order chi connectivity index (χ0) is 15.6. The summed E-state index contributed by atoms with van der Waals surface area (Å²) in [6.45, 7) is -0.259. The molecule has 1 aliphatic heterocycles. The van der Waals surface area contributed by atoms with Gasteiger partial charge < -0.3 is 24.9 Å². The number of ether oxygens (including phenoxy) is 1. The molecule has 1 aromatic heterocycles. The van der Waals surface area contributed by atoms with E-state index < -0.39 is 35.5 Å². The molecule has 1 fully saturated rings. The molecule has 0 amide bonds. The third-order valence-electron chi connectivity index (χ3n) is 3.16. The van der Waals surface area contributed by atoms with Crippen LogP contribution in [0.1, 0.15) is 11.8 Å². The van der Waals surface area contributed by atoms with Crippen LogP contribution in [0.3, 0.4) is 0 Å². The van der Waals surface area contributed by atoms with Crippen LogP contribution >= 0.6 is 0 Å². The van der Waals surface area contributed by atoms with Crippen LogP contribution in [0.5, 0.6) is 0 Å². The number of aromatic amines is 1. The monoisotopic (exact) mass is 297 g/mol. The maximum Gasteiger partial charge on any atom is 0.330 e. The van der Waals surface area contributed by atoms with Gasteiger partial charge in [0.2, 0.25) is 0 Å². The number of hydrogen-bond acceptors (Lipinski definition) is 7. The molecule has 1 saturated heterocycles.